The summed E-state index contributed by atoms with van der Waals surface area (Å²) in [5.41, 5.74) is 0.154. The van der Waals surface area contributed by atoms with Crippen molar-refractivity contribution in [2.45, 2.75) is 13.3 Å². The Morgan fingerprint density at radius 1 is 1.41 bits per heavy atom. The number of aromatic nitrogens is 2. The molecule has 0 bridgehead atoms. The summed E-state index contributed by atoms with van der Waals surface area (Å²) in [5.74, 6) is -1.30. The minimum atomic E-state index is -0.946. The molecule has 0 aliphatic carbocycles. The van der Waals surface area contributed by atoms with Gasteiger partial charge in [-0.25, -0.2) is 9.97 Å². The molecule has 0 aromatic carbocycles. The molecule has 1 aromatic heterocycles. The minimum Gasteiger partial charge on any atom is -0.481 e. The van der Waals surface area contributed by atoms with Gasteiger partial charge in [-0.15, -0.1) is 0 Å². The van der Waals surface area contributed by atoms with Gasteiger partial charge in [0, 0.05) is 13.1 Å². The number of hydrogen-bond acceptors (Lipinski definition) is 4. The van der Waals surface area contributed by atoms with E-state index in [0.29, 0.717) is 6.54 Å². The van der Waals surface area contributed by atoms with Crippen LogP contribution in [0.1, 0.15) is 23.8 Å². The van der Waals surface area contributed by atoms with Gasteiger partial charge in [0.1, 0.15) is 10.8 Å². The number of rotatable bonds is 5. The van der Waals surface area contributed by atoms with Crippen molar-refractivity contribution in [3.05, 3.63) is 23.2 Å². The smallest absolute Gasteiger partial charge is 0.305 e. The van der Waals surface area contributed by atoms with Crippen LogP contribution >= 0.6 is 11.6 Å². The quantitative estimate of drug-likeness (QED) is 0.853. The number of hydrogen-bond donors (Lipinski definition) is 1. The van der Waals surface area contributed by atoms with Crippen molar-refractivity contribution in [3.63, 3.8) is 0 Å². The van der Waals surface area contributed by atoms with Crippen LogP contribution in [-0.2, 0) is 4.79 Å². The van der Waals surface area contributed by atoms with Gasteiger partial charge in [0.25, 0.3) is 5.91 Å². The molecule has 0 fully saturated rings. The summed E-state index contributed by atoms with van der Waals surface area (Å²) in [6.07, 6.45) is 2.45. The number of nitrogens with zero attached hydrogens (tertiary/aromatic N) is 3. The predicted molar refractivity (Wildman–Crippen MR) is 60.9 cm³/mol. The van der Waals surface area contributed by atoms with Gasteiger partial charge in [-0.1, -0.05) is 11.6 Å². The molecule has 0 radical (unpaired) electrons. The maximum absolute atomic E-state index is 11.9. The zero-order valence-electron chi connectivity index (χ0n) is 9.26. The van der Waals surface area contributed by atoms with Gasteiger partial charge in [-0.05, 0) is 6.92 Å². The van der Waals surface area contributed by atoms with E-state index in [9.17, 15) is 9.59 Å². The molecule has 0 saturated heterocycles. The highest BCUT2D eigenvalue weighted by molar-refractivity contribution is 6.29. The van der Waals surface area contributed by atoms with Crippen LogP contribution in [0.5, 0.6) is 0 Å². The first kappa shape index (κ1) is 13.4. The van der Waals surface area contributed by atoms with Crippen molar-refractivity contribution < 1.29 is 14.7 Å². The van der Waals surface area contributed by atoms with Gasteiger partial charge in [-0.2, -0.15) is 0 Å². The van der Waals surface area contributed by atoms with Crippen molar-refractivity contribution >= 4 is 23.5 Å². The Hall–Kier alpha value is -1.69. The number of carboxylic acid groups (broad SMARTS) is 1. The molecule has 0 spiro atoms. The first-order valence-electron chi connectivity index (χ1n) is 5.03. The van der Waals surface area contributed by atoms with Gasteiger partial charge in [0.15, 0.2) is 0 Å². The van der Waals surface area contributed by atoms with E-state index in [1.165, 1.54) is 17.3 Å². The lowest BCUT2D eigenvalue weighted by molar-refractivity contribution is -0.137. The summed E-state index contributed by atoms with van der Waals surface area (Å²) in [6.45, 7) is 2.33. The Kier molecular flexibility index (Phi) is 4.84. The lowest BCUT2D eigenvalue weighted by Crippen LogP contribution is -2.33. The van der Waals surface area contributed by atoms with Crippen LogP contribution in [0, 0.1) is 0 Å². The Labute approximate surface area is 103 Å². The second-order valence-electron chi connectivity index (χ2n) is 3.25. The number of carboxylic acids is 1. The Bertz CT molecular complexity index is 408. The maximum Gasteiger partial charge on any atom is 0.305 e. The Balaban J connectivity index is 2.71. The van der Waals surface area contributed by atoms with E-state index >= 15 is 0 Å². The zero-order chi connectivity index (χ0) is 12.8. The molecule has 1 heterocycles. The number of amides is 1. The molecular weight excluding hydrogens is 246 g/mol. The van der Waals surface area contributed by atoms with Crippen LogP contribution in [0.15, 0.2) is 12.4 Å². The molecule has 0 unspecified atom stereocenters. The molecular formula is C10H12ClN3O3. The summed E-state index contributed by atoms with van der Waals surface area (Å²) in [6, 6.07) is 0. The minimum absolute atomic E-state index is 0.0966. The topological polar surface area (TPSA) is 83.4 Å². The van der Waals surface area contributed by atoms with Crippen LogP contribution in [0.25, 0.3) is 0 Å². The van der Waals surface area contributed by atoms with E-state index < -0.39 is 5.97 Å². The molecule has 6 nitrogen and oxygen atoms in total. The summed E-state index contributed by atoms with van der Waals surface area (Å²) < 4.78 is 0. The number of carbonyl (C=O) groups excluding carboxylic acids is 1. The maximum atomic E-state index is 11.9. The van der Waals surface area contributed by atoms with E-state index in [2.05, 4.69) is 9.97 Å². The molecule has 0 atom stereocenters. The van der Waals surface area contributed by atoms with Gasteiger partial charge in [-0.3, -0.25) is 9.59 Å². The second kappa shape index (κ2) is 6.15. The Morgan fingerprint density at radius 3 is 2.59 bits per heavy atom. The van der Waals surface area contributed by atoms with Crippen LogP contribution in [0.4, 0.5) is 0 Å². The molecule has 0 saturated carbocycles. The van der Waals surface area contributed by atoms with Gasteiger partial charge >= 0.3 is 5.97 Å². The van der Waals surface area contributed by atoms with Gasteiger partial charge < -0.3 is 10.0 Å². The number of aliphatic carboxylic acids is 1. The van der Waals surface area contributed by atoms with Gasteiger partial charge in [0.05, 0.1) is 18.8 Å². The lowest BCUT2D eigenvalue weighted by Gasteiger charge is -2.19. The van der Waals surface area contributed by atoms with Crippen molar-refractivity contribution in [1.29, 1.82) is 0 Å². The van der Waals surface area contributed by atoms with E-state index in [1.807, 2.05) is 0 Å². The molecule has 1 amide bonds. The standard InChI is InChI=1S/C10H12ClN3O3/c1-2-14(4-3-9(15)16)10(17)7-5-13-8(11)6-12-7/h5-6H,2-4H2,1H3,(H,15,16). The van der Waals surface area contributed by atoms with E-state index in [-0.39, 0.29) is 29.7 Å². The molecule has 1 aromatic rings. The van der Waals surface area contributed by atoms with Crippen LogP contribution < -0.4 is 0 Å². The molecule has 1 rings (SSSR count). The normalized spacial score (nSPS) is 10.0. The largest absolute Gasteiger partial charge is 0.481 e. The van der Waals surface area contributed by atoms with Crippen LogP contribution in [0.2, 0.25) is 5.15 Å². The predicted octanol–water partition coefficient (Wildman–Crippen LogP) is 1.07. The lowest BCUT2D eigenvalue weighted by atomic mass is 10.3. The molecule has 0 aliphatic rings. The zero-order valence-corrected chi connectivity index (χ0v) is 10.0. The summed E-state index contributed by atoms with van der Waals surface area (Å²) >= 11 is 5.56. The first-order chi connectivity index (χ1) is 8.04. The first-order valence-corrected chi connectivity index (χ1v) is 5.41. The number of carbonyl (C=O) groups is 2. The molecule has 0 aliphatic heterocycles. The molecule has 17 heavy (non-hydrogen) atoms. The fourth-order valence-electron chi connectivity index (χ4n) is 1.22. The summed E-state index contributed by atoms with van der Waals surface area (Å²) in [5, 5.41) is 8.77. The fraction of sp³-hybridized carbons (Fsp3) is 0.400. The highest BCUT2D eigenvalue weighted by Gasteiger charge is 2.16. The Morgan fingerprint density at radius 2 is 2.12 bits per heavy atom. The summed E-state index contributed by atoms with van der Waals surface area (Å²) in [4.78, 5) is 31.3. The third-order valence-electron chi connectivity index (χ3n) is 2.10. The van der Waals surface area contributed by atoms with Crippen molar-refractivity contribution in [2.24, 2.45) is 0 Å². The molecule has 7 heteroatoms. The van der Waals surface area contributed by atoms with E-state index in [1.54, 1.807) is 6.92 Å². The summed E-state index contributed by atoms with van der Waals surface area (Å²) in [7, 11) is 0. The molecule has 1 N–H and O–H groups in total. The third-order valence-corrected chi connectivity index (χ3v) is 2.30. The molecule has 92 valence electrons. The highest BCUT2D eigenvalue weighted by atomic mass is 35.5. The monoisotopic (exact) mass is 257 g/mol. The van der Waals surface area contributed by atoms with Crippen molar-refractivity contribution in [2.75, 3.05) is 13.1 Å². The SMILES string of the molecule is CCN(CCC(=O)O)C(=O)c1cnc(Cl)cn1. The fourth-order valence-corrected chi connectivity index (χ4v) is 1.32. The highest BCUT2D eigenvalue weighted by Crippen LogP contribution is 2.05. The van der Waals surface area contributed by atoms with Crippen LogP contribution in [0.3, 0.4) is 0 Å². The average Bonchev–Trinajstić information content (AvgIpc) is 2.30. The van der Waals surface area contributed by atoms with Crippen molar-refractivity contribution in [1.82, 2.24) is 14.9 Å². The average molecular weight is 258 g/mol. The third kappa shape index (κ3) is 3.99. The van der Waals surface area contributed by atoms with E-state index in [0.717, 1.165) is 0 Å². The van der Waals surface area contributed by atoms with E-state index in [4.69, 9.17) is 16.7 Å². The second-order valence-corrected chi connectivity index (χ2v) is 3.64. The number of halogens is 1. The van der Waals surface area contributed by atoms with Crippen molar-refractivity contribution in [3.8, 4) is 0 Å². The van der Waals surface area contributed by atoms with Gasteiger partial charge in [0.2, 0.25) is 0 Å². The van der Waals surface area contributed by atoms with Crippen LogP contribution in [-0.4, -0.2) is 44.9 Å².